The number of nitrogens with two attached hydrogens (primary N) is 1. The second-order valence-corrected chi connectivity index (χ2v) is 6.56. The summed E-state index contributed by atoms with van der Waals surface area (Å²) in [6, 6.07) is 5.00. The van der Waals surface area contributed by atoms with E-state index >= 15 is 0 Å². The summed E-state index contributed by atoms with van der Waals surface area (Å²) in [6.45, 7) is 0. The Balaban J connectivity index is 1.66. The summed E-state index contributed by atoms with van der Waals surface area (Å²) in [5.41, 5.74) is 8.20. The Morgan fingerprint density at radius 3 is 2.81 bits per heavy atom. The van der Waals surface area contributed by atoms with Crippen LogP contribution >= 0.6 is 0 Å². The van der Waals surface area contributed by atoms with Gasteiger partial charge in [-0.1, -0.05) is 12.8 Å². The fourth-order valence-electron chi connectivity index (χ4n) is 3.82. The van der Waals surface area contributed by atoms with Crippen molar-refractivity contribution in [1.82, 2.24) is 14.6 Å². The van der Waals surface area contributed by atoms with Crippen LogP contribution in [0, 0.1) is 0 Å². The second kappa shape index (κ2) is 5.30. The molecular weight excluding hydrogens is 262 g/mol. The van der Waals surface area contributed by atoms with Gasteiger partial charge in [0, 0.05) is 35.8 Å². The van der Waals surface area contributed by atoms with Crippen molar-refractivity contribution in [3.63, 3.8) is 0 Å². The number of hydrogen-bond acceptors (Lipinski definition) is 4. The molecule has 2 saturated carbocycles. The number of rotatable bonds is 3. The molecular formula is C16H23N5. The molecule has 0 bridgehead atoms. The smallest absolute Gasteiger partial charge is 0.157 e. The van der Waals surface area contributed by atoms with Crippen molar-refractivity contribution in [2.75, 3.05) is 5.32 Å². The lowest BCUT2D eigenvalue weighted by atomic mass is 10.0. The molecule has 2 atom stereocenters. The SMILES string of the molecule is N[C@@H]1CC[C@H](Nc2cc(C3CCCC3)nc3ccnn23)C1. The van der Waals surface area contributed by atoms with Gasteiger partial charge in [-0.05, 0) is 32.1 Å². The van der Waals surface area contributed by atoms with E-state index in [1.54, 1.807) is 0 Å². The van der Waals surface area contributed by atoms with Gasteiger partial charge in [-0.2, -0.15) is 9.61 Å². The molecule has 0 radical (unpaired) electrons. The third-order valence-electron chi connectivity index (χ3n) is 4.98. The predicted molar refractivity (Wildman–Crippen MR) is 83.4 cm³/mol. The van der Waals surface area contributed by atoms with Crippen molar-refractivity contribution in [1.29, 1.82) is 0 Å². The summed E-state index contributed by atoms with van der Waals surface area (Å²) in [4.78, 5) is 4.80. The first kappa shape index (κ1) is 13.1. The number of aromatic nitrogens is 3. The summed E-state index contributed by atoms with van der Waals surface area (Å²) >= 11 is 0. The van der Waals surface area contributed by atoms with E-state index in [-0.39, 0.29) is 0 Å². The van der Waals surface area contributed by atoms with Crippen LogP contribution in [0.1, 0.15) is 56.6 Å². The Labute approximate surface area is 124 Å². The van der Waals surface area contributed by atoms with Crippen molar-refractivity contribution in [2.24, 2.45) is 5.73 Å². The normalized spacial score (nSPS) is 26.7. The Bertz CT molecular complexity index is 629. The number of nitrogens with one attached hydrogen (secondary N) is 1. The Kier molecular flexibility index (Phi) is 3.30. The average molecular weight is 285 g/mol. The molecule has 3 N–H and O–H groups in total. The van der Waals surface area contributed by atoms with E-state index in [9.17, 15) is 0 Å². The fourth-order valence-corrected chi connectivity index (χ4v) is 3.82. The largest absolute Gasteiger partial charge is 0.367 e. The first-order valence-corrected chi connectivity index (χ1v) is 8.16. The van der Waals surface area contributed by atoms with Crippen molar-refractivity contribution in [2.45, 2.75) is 62.9 Å². The van der Waals surface area contributed by atoms with Crippen LogP contribution in [-0.2, 0) is 0 Å². The van der Waals surface area contributed by atoms with Gasteiger partial charge < -0.3 is 11.1 Å². The minimum absolute atomic E-state index is 0.340. The van der Waals surface area contributed by atoms with Crippen LogP contribution in [0.5, 0.6) is 0 Å². The second-order valence-electron chi connectivity index (χ2n) is 6.56. The zero-order valence-corrected chi connectivity index (χ0v) is 12.3. The van der Waals surface area contributed by atoms with Crippen LogP contribution < -0.4 is 11.1 Å². The third kappa shape index (κ3) is 2.50. The lowest BCUT2D eigenvalue weighted by Gasteiger charge is -2.17. The van der Waals surface area contributed by atoms with Gasteiger partial charge in [-0.15, -0.1) is 0 Å². The lowest BCUT2D eigenvalue weighted by molar-refractivity contribution is 0.678. The quantitative estimate of drug-likeness (QED) is 0.909. The molecule has 0 aromatic carbocycles. The van der Waals surface area contributed by atoms with Gasteiger partial charge in [0.25, 0.3) is 0 Å². The van der Waals surface area contributed by atoms with E-state index in [0.29, 0.717) is 18.0 Å². The van der Waals surface area contributed by atoms with E-state index in [0.717, 1.165) is 30.7 Å². The molecule has 0 aliphatic heterocycles. The molecule has 112 valence electrons. The van der Waals surface area contributed by atoms with Gasteiger partial charge in [0.05, 0.1) is 6.20 Å². The highest BCUT2D eigenvalue weighted by molar-refractivity contribution is 5.50. The summed E-state index contributed by atoms with van der Waals surface area (Å²) in [6.07, 6.45) is 10.3. The van der Waals surface area contributed by atoms with E-state index in [2.05, 4.69) is 16.5 Å². The van der Waals surface area contributed by atoms with Crippen molar-refractivity contribution >= 4 is 11.5 Å². The zero-order chi connectivity index (χ0) is 14.2. The van der Waals surface area contributed by atoms with Gasteiger partial charge in [0.2, 0.25) is 0 Å². The maximum atomic E-state index is 6.03. The van der Waals surface area contributed by atoms with Crippen molar-refractivity contribution in [3.05, 3.63) is 24.0 Å². The minimum atomic E-state index is 0.340. The summed E-state index contributed by atoms with van der Waals surface area (Å²) in [5, 5.41) is 8.05. The predicted octanol–water partition coefficient (Wildman–Crippen LogP) is 2.68. The number of anilines is 1. The molecule has 2 aromatic rings. The Hall–Kier alpha value is -1.62. The molecule has 0 saturated heterocycles. The lowest BCUT2D eigenvalue weighted by Crippen LogP contribution is -2.22. The van der Waals surface area contributed by atoms with Crippen LogP contribution in [-0.4, -0.2) is 26.7 Å². The first-order chi connectivity index (χ1) is 10.3. The maximum Gasteiger partial charge on any atom is 0.157 e. The van der Waals surface area contributed by atoms with Crippen LogP contribution in [0.15, 0.2) is 18.3 Å². The maximum absolute atomic E-state index is 6.03. The topological polar surface area (TPSA) is 68.2 Å². The van der Waals surface area contributed by atoms with Gasteiger partial charge >= 0.3 is 0 Å². The summed E-state index contributed by atoms with van der Waals surface area (Å²) in [7, 11) is 0. The number of nitrogens with zero attached hydrogens (tertiary/aromatic N) is 3. The van der Waals surface area contributed by atoms with Crippen LogP contribution in [0.3, 0.4) is 0 Å². The minimum Gasteiger partial charge on any atom is -0.367 e. The van der Waals surface area contributed by atoms with Gasteiger partial charge in [0.15, 0.2) is 5.65 Å². The molecule has 0 spiro atoms. The summed E-state index contributed by atoms with van der Waals surface area (Å²) < 4.78 is 1.92. The van der Waals surface area contributed by atoms with Gasteiger partial charge in [0.1, 0.15) is 5.82 Å². The van der Waals surface area contributed by atoms with E-state index in [4.69, 9.17) is 10.7 Å². The van der Waals surface area contributed by atoms with Gasteiger partial charge in [-0.25, -0.2) is 4.98 Å². The average Bonchev–Trinajstić information content (AvgIpc) is 3.18. The molecule has 2 aliphatic rings. The molecule has 0 amide bonds. The van der Waals surface area contributed by atoms with Crippen LogP contribution in [0.25, 0.3) is 5.65 Å². The fraction of sp³-hybridized carbons (Fsp3) is 0.625. The summed E-state index contributed by atoms with van der Waals surface area (Å²) in [5.74, 6) is 1.70. The molecule has 4 rings (SSSR count). The molecule has 2 aliphatic carbocycles. The highest BCUT2D eigenvalue weighted by Gasteiger charge is 2.24. The third-order valence-corrected chi connectivity index (χ3v) is 4.98. The molecule has 0 unspecified atom stereocenters. The first-order valence-electron chi connectivity index (χ1n) is 8.16. The van der Waals surface area contributed by atoms with Gasteiger partial charge in [-0.3, -0.25) is 0 Å². The van der Waals surface area contributed by atoms with E-state index < -0.39 is 0 Å². The van der Waals surface area contributed by atoms with E-state index in [1.165, 1.54) is 31.4 Å². The molecule has 2 fully saturated rings. The molecule has 21 heavy (non-hydrogen) atoms. The highest BCUT2D eigenvalue weighted by atomic mass is 15.3. The van der Waals surface area contributed by atoms with Crippen LogP contribution in [0.2, 0.25) is 0 Å². The number of hydrogen-bond donors (Lipinski definition) is 2. The standard InChI is InChI=1S/C16H23N5/c17-12-5-6-13(9-12)19-16-10-14(11-3-1-2-4-11)20-15-7-8-18-21(15)16/h7-8,10-13,19H,1-6,9,17H2/t12-,13+/m1/s1. The van der Waals surface area contributed by atoms with Crippen LogP contribution in [0.4, 0.5) is 5.82 Å². The van der Waals surface area contributed by atoms with Crippen molar-refractivity contribution < 1.29 is 0 Å². The number of fused-ring (bicyclic) bond motifs is 1. The van der Waals surface area contributed by atoms with Crippen molar-refractivity contribution in [3.8, 4) is 0 Å². The monoisotopic (exact) mass is 285 g/mol. The molecule has 5 heteroatoms. The Morgan fingerprint density at radius 2 is 2.05 bits per heavy atom. The zero-order valence-electron chi connectivity index (χ0n) is 12.3. The highest BCUT2D eigenvalue weighted by Crippen LogP contribution is 2.34. The van der Waals surface area contributed by atoms with E-state index in [1.807, 2.05) is 16.8 Å². The molecule has 2 aromatic heterocycles. The Morgan fingerprint density at radius 1 is 1.19 bits per heavy atom. The molecule has 5 nitrogen and oxygen atoms in total. The molecule has 2 heterocycles.